The number of aromatic nitrogens is 5. The molecule has 10 heteroatoms. The number of aromatic amines is 1. The van der Waals surface area contributed by atoms with Crippen molar-refractivity contribution < 1.29 is 14.2 Å². The number of fused-ring (bicyclic) bond motifs is 2. The molecule has 2 atom stereocenters. The highest BCUT2D eigenvalue weighted by Crippen LogP contribution is 2.36. The van der Waals surface area contributed by atoms with Gasteiger partial charge in [-0.25, -0.2) is 4.68 Å². The molecule has 10 nitrogen and oxygen atoms in total. The summed E-state index contributed by atoms with van der Waals surface area (Å²) in [7, 11) is 0. The van der Waals surface area contributed by atoms with E-state index in [1.165, 1.54) is 12.8 Å². The van der Waals surface area contributed by atoms with E-state index < -0.39 is 0 Å². The van der Waals surface area contributed by atoms with Crippen LogP contribution in [0.15, 0.2) is 23.0 Å². The Kier molecular flexibility index (Phi) is 6.62. The number of tetrazole rings is 1. The molecular formula is C26H34N6O4. The molecule has 2 unspecified atom stereocenters. The maximum Gasteiger partial charge on any atom is 0.252 e. The Morgan fingerprint density at radius 1 is 1.08 bits per heavy atom. The maximum absolute atomic E-state index is 13.2. The summed E-state index contributed by atoms with van der Waals surface area (Å²) in [4.78, 5) is 18.8. The van der Waals surface area contributed by atoms with Crippen molar-refractivity contribution in [3.8, 4) is 11.5 Å². The summed E-state index contributed by atoms with van der Waals surface area (Å²) in [5.41, 5.74) is 1.42. The number of nitrogens with one attached hydrogen (secondary N) is 1. The molecule has 36 heavy (non-hydrogen) atoms. The van der Waals surface area contributed by atoms with E-state index in [0.717, 1.165) is 66.8 Å². The smallest absolute Gasteiger partial charge is 0.252 e. The Labute approximate surface area is 209 Å². The summed E-state index contributed by atoms with van der Waals surface area (Å²) >= 11 is 0. The van der Waals surface area contributed by atoms with E-state index in [4.69, 9.17) is 14.2 Å². The first-order chi connectivity index (χ1) is 17.7. The van der Waals surface area contributed by atoms with E-state index in [1.807, 2.05) is 22.9 Å². The fraction of sp³-hybridized carbons (Fsp3) is 0.615. The lowest BCUT2D eigenvalue weighted by Gasteiger charge is -2.35. The third-order valence-electron chi connectivity index (χ3n) is 7.78. The van der Waals surface area contributed by atoms with Crippen molar-refractivity contribution in [3.05, 3.63) is 39.9 Å². The van der Waals surface area contributed by atoms with E-state index in [1.54, 1.807) is 0 Å². The molecule has 0 amide bonds. The second kappa shape index (κ2) is 10.2. The lowest BCUT2D eigenvalue weighted by atomic mass is 10.0. The normalized spacial score (nSPS) is 21.0. The SMILES string of the molecule is CCC(c1nnnn1CC1CCCO1)N(Cc1cc2cc3c(cc2[nH]c1=O)OCCO3)C1CCCC1. The first kappa shape index (κ1) is 23.4. The molecule has 2 aromatic heterocycles. The predicted molar refractivity (Wildman–Crippen MR) is 133 cm³/mol. The highest BCUT2D eigenvalue weighted by molar-refractivity contribution is 5.83. The highest BCUT2D eigenvalue weighted by Gasteiger charge is 2.33. The number of nitrogens with zero attached hydrogens (tertiary/aromatic N) is 5. The van der Waals surface area contributed by atoms with Crippen LogP contribution in [-0.2, 0) is 17.8 Å². The fourth-order valence-electron chi connectivity index (χ4n) is 5.96. The number of hydrogen-bond acceptors (Lipinski definition) is 8. The van der Waals surface area contributed by atoms with Crippen molar-refractivity contribution in [2.45, 2.75) is 83.1 Å². The largest absolute Gasteiger partial charge is 0.486 e. The van der Waals surface area contributed by atoms with Crippen LogP contribution in [0.1, 0.15) is 69.3 Å². The van der Waals surface area contributed by atoms with E-state index in [-0.39, 0.29) is 17.7 Å². The first-order valence-corrected chi connectivity index (χ1v) is 13.3. The maximum atomic E-state index is 13.2. The third-order valence-corrected chi connectivity index (χ3v) is 7.78. The third kappa shape index (κ3) is 4.59. The van der Waals surface area contributed by atoms with E-state index in [0.29, 0.717) is 38.1 Å². The van der Waals surface area contributed by atoms with Crippen molar-refractivity contribution in [1.82, 2.24) is 30.1 Å². The van der Waals surface area contributed by atoms with E-state index in [9.17, 15) is 4.79 Å². The standard InChI is InChI=1S/C26H34N6O4/c1-2-22(25-28-29-30-32(25)16-20-8-5-9-34-20)31(19-6-3-4-7-19)15-18-12-17-13-23-24(36-11-10-35-23)14-21(17)27-26(18)33/h12-14,19-20,22H,2-11,15-16H2,1H3,(H,27,33). The minimum Gasteiger partial charge on any atom is -0.486 e. The van der Waals surface area contributed by atoms with Crippen molar-refractivity contribution in [1.29, 1.82) is 0 Å². The quantitative estimate of drug-likeness (QED) is 0.508. The number of H-pyrrole nitrogens is 1. The van der Waals surface area contributed by atoms with Gasteiger partial charge in [0.05, 0.1) is 24.2 Å². The Morgan fingerprint density at radius 3 is 2.64 bits per heavy atom. The van der Waals surface area contributed by atoms with Gasteiger partial charge in [0.15, 0.2) is 17.3 Å². The van der Waals surface area contributed by atoms with Crippen LogP contribution in [-0.4, -0.2) is 62.1 Å². The Hall–Kier alpha value is -2.98. The van der Waals surface area contributed by atoms with Gasteiger partial charge < -0.3 is 19.2 Å². The Morgan fingerprint density at radius 2 is 1.89 bits per heavy atom. The topological polar surface area (TPSA) is 107 Å². The van der Waals surface area contributed by atoms with Crippen molar-refractivity contribution in [2.24, 2.45) is 0 Å². The molecular weight excluding hydrogens is 460 g/mol. The minimum absolute atomic E-state index is 0.0138. The van der Waals surface area contributed by atoms with Gasteiger partial charge in [0.1, 0.15) is 13.2 Å². The van der Waals surface area contributed by atoms with E-state index in [2.05, 4.69) is 32.3 Å². The fourth-order valence-corrected chi connectivity index (χ4v) is 5.96. The van der Waals surface area contributed by atoms with Gasteiger partial charge in [0.25, 0.3) is 5.56 Å². The van der Waals surface area contributed by atoms with Gasteiger partial charge in [0, 0.05) is 36.2 Å². The summed E-state index contributed by atoms with van der Waals surface area (Å²) < 4.78 is 19.2. The van der Waals surface area contributed by atoms with Crippen molar-refractivity contribution >= 4 is 10.9 Å². The zero-order valence-electron chi connectivity index (χ0n) is 20.8. The monoisotopic (exact) mass is 494 g/mol. The van der Waals surface area contributed by atoms with Gasteiger partial charge in [0.2, 0.25) is 0 Å². The second-order valence-corrected chi connectivity index (χ2v) is 10.1. The van der Waals surface area contributed by atoms with Gasteiger partial charge in [-0.15, -0.1) is 5.10 Å². The number of pyridine rings is 1. The zero-order chi connectivity index (χ0) is 24.5. The molecule has 2 aliphatic heterocycles. The van der Waals surface area contributed by atoms with Crippen molar-refractivity contribution in [3.63, 3.8) is 0 Å². The first-order valence-electron chi connectivity index (χ1n) is 13.3. The molecule has 1 saturated heterocycles. The van der Waals surface area contributed by atoms with Gasteiger partial charge in [-0.2, -0.15) is 0 Å². The van der Waals surface area contributed by atoms with E-state index >= 15 is 0 Å². The molecule has 0 bridgehead atoms. The molecule has 192 valence electrons. The average Bonchev–Trinajstić information content (AvgIpc) is 3.67. The molecule has 6 rings (SSSR count). The van der Waals surface area contributed by atoms with Crippen molar-refractivity contribution in [2.75, 3.05) is 19.8 Å². The van der Waals surface area contributed by atoms with Crippen LogP contribution in [0.4, 0.5) is 0 Å². The molecule has 0 spiro atoms. The summed E-state index contributed by atoms with van der Waals surface area (Å²) in [5.74, 6) is 2.25. The van der Waals surface area contributed by atoms with Gasteiger partial charge in [-0.1, -0.05) is 19.8 Å². The van der Waals surface area contributed by atoms with Crippen LogP contribution in [0.3, 0.4) is 0 Å². The lowest BCUT2D eigenvalue weighted by molar-refractivity contribution is 0.0839. The molecule has 4 heterocycles. The highest BCUT2D eigenvalue weighted by atomic mass is 16.6. The minimum atomic E-state index is -0.0732. The van der Waals surface area contributed by atoms with Crippen LogP contribution in [0.5, 0.6) is 11.5 Å². The van der Waals surface area contributed by atoms with Gasteiger partial charge in [-0.3, -0.25) is 9.69 Å². The van der Waals surface area contributed by atoms with Crippen LogP contribution >= 0.6 is 0 Å². The predicted octanol–water partition coefficient (Wildman–Crippen LogP) is 3.36. The van der Waals surface area contributed by atoms with Gasteiger partial charge in [-0.05, 0) is 54.7 Å². The van der Waals surface area contributed by atoms with Crippen LogP contribution in [0.25, 0.3) is 10.9 Å². The molecule has 1 aromatic carbocycles. The summed E-state index contributed by atoms with van der Waals surface area (Å²) in [6.45, 7) is 5.23. The molecule has 1 aliphatic carbocycles. The number of benzene rings is 1. The molecule has 3 aromatic rings. The second-order valence-electron chi connectivity index (χ2n) is 10.1. The molecule has 3 aliphatic rings. The molecule has 0 radical (unpaired) electrons. The van der Waals surface area contributed by atoms with Crippen LogP contribution in [0, 0.1) is 0 Å². The Balaban J connectivity index is 1.33. The number of rotatable bonds is 8. The summed E-state index contributed by atoms with van der Waals surface area (Å²) in [5, 5.41) is 13.8. The van der Waals surface area contributed by atoms with Crippen LogP contribution in [0.2, 0.25) is 0 Å². The molecule has 1 N–H and O–H groups in total. The van der Waals surface area contributed by atoms with Crippen LogP contribution < -0.4 is 15.0 Å². The molecule has 1 saturated carbocycles. The zero-order valence-corrected chi connectivity index (χ0v) is 20.8. The molecule has 2 fully saturated rings. The lowest BCUT2D eigenvalue weighted by Crippen LogP contribution is -2.39. The summed E-state index contributed by atoms with van der Waals surface area (Å²) in [6.07, 6.45) is 7.78. The Bertz CT molecular complexity index is 1260. The number of hydrogen-bond donors (Lipinski definition) is 1. The summed E-state index contributed by atoms with van der Waals surface area (Å²) in [6, 6.07) is 6.22. The average molecular weight is 495 g/mol. The van der Waals surface area contributed by atoms with Gasteiger partial charge >= 0.3 is 0 Å². The number of ether oxygens (including phenoxy) is 3.